The molecule has 1 saturated heterocycles. The summed E-state index contributed by atoms with van der Waals surface area (Å²) in [4.78, 5) is 14.1. The molecule has 0 saturated carbocycles. The van der Waals surface area contributed by atoms with Crippen LogP contribution in [0.4, 0.5) is 4.79 Å². The summed E-state index contributed by atoms with van der Waals surface area (Å²) in [6.07, 6.45) is -0.319. The molecule has 1 N–H and O–H groups in total. The van der Waals surface area contributed by atoms with Crippen molar-refractivity contribution in [3.8, 4) is 0 Å². The second-order valence-corrected chi connectivity index (χ2v) is 6.90. The predicted octanol–water partition coefficient (Wildman–Crippen LogP) is 3.87. The molecule has 116 valence electrons. The van der Waals surface area contributed by atoms with Gasteiger partial charge in [0, 0.05) is 29.7 Å². The first kappa shape index (κ1) is 16.4. The van der Waals surface area contributed by atoms with Crippen molar-refractivity contribution in [1.29, 1.82) is 0 Å². The average molecular weight is 331 g/mol. The number of benzene rings is 1. The van der Waals surface area contributed by atoms with E-state index in [-0.39, 0.29) is 12.1 Å². The molecule has 1 amide bonds. The van der Waals surface area contributed by atoms with E-state index in [4.69, 9.17) is 27.9 Å². The minimum Gasteiger partial charge on any atom is -0.444 e. The van der Waals surface area contributed by atoms with Crippen molar-refractivity contribution in [1.82, 2.24) is 10.2 Å². The first-order valence-corrected chi connectivity index (χ1v) is 7.69. The lowest BCUT2D eigenvalue weighted by molar-refractivity contribution is 0.0118. The Morgan fingerprint density at radius 3 is 2.71 bits per heavy atom. The molecule has 0 spiro atoms. The molecule has 1 aliphatic rings. The van der Waals surface area contributed by atoms with E-state index in [1.165, 1.54) is 0 Å². The monoisotopic (exact) mass is 330 g/mol. The topological polar surface area (TPSA) is 41.6 Å². The zero-order valence-corrected chi connectivity index (χ0v) is 14.0. The summed E-state index contributed by atoms with van der Waals surface area (Å²) in [5, 5.41) is 4.42. The smallest absolute Gasteiger partial charge is 0.410 e. The third-order valence-electron chi connectivity index (χ3n) is 3.19. The summed E-state index contributed by atoms with van der Waals surface area (Å²) in [5.41, 5.74) is 0.357. The molecular formula is C15H20Cl2N2O2. The van der Waals surface area contributed by atoms with Gasteiger partial charge < -0.3 is 10.1 Å². The number of carbonyl (C=O) groups is 1. The Hall–Kier alpha value is -0.970. The molecule has 0 aromatic heterocycles. The lowest BCUT2D eigenvalue weighted by Crippen LogP contribution is -2.50. The number of halogens is 2. The van der Waals surface area contributed by atoms with Gasteiger partial charge in [-0.3, -0.25) is 4.90 Å². The molecule has 6 heteroatoms. The van der Waals surface area contributed by atoms with Crippen molar-refractivity contribution in [2.24, 2.45) is 0 Å². The second kappa shape index (κ2) is 6.42. The van der Waals surface area contributed by atoms with Crippen molar-refractivity contribution in [2.45, 2.75) is 32.4 Å². The van der Waals surface area contributed by atoms with E-state index in [2.05, 4.69) is 5.32 Å². The number of carbonyl (C=O) groups excluding carboxylic acids is 1. The minimum atomic E-state index is -0.518. The number of amides is 1. The fraction of sp³-hybridized carbons (Fsp3) is 0.533. The highest BCUT2D eigenvalue weighted by Gasteiger charge is 2.32. The molecule has 0 unspecified atom stereocenters. The third-order valence-corrected chi connectivity index (χ3v) is 3.76. The van der Waals surface area contributed by atoms with Crippen molar-refractivity contribution in [3.05, 3.63) is 33.8 Å². The SMILES string of the molecule is CC(C)(C)OC(=O)N1CCNC[C@@H]1c1ccc(Cl)cc1Cl. The summed E-state index contributed by atoms with van der Waals surface area (Å²) in [7, 11) is 0. The van der Waals surface area contributed by atoms with Crippen molar-refractivity contribution in [2.75, 3.05) is 19.6 Å². The van der Waals surface area contributed by atoms with Gasteiger partial charge >= 0.3 is 6.09 Å². The van der Waals surface area contributed by atoms with E-state index in [1.54, 1.807) is 17.0 Å². The summed E-state index contributed by atoms with van der Waals surface area (Å²) in [6, 6.07) is 5.18. The van der Waals surface area contributed by atoms with Gasteiger partial charge in [-0.25, -0.2) is 4.79 Å². The van der Waals surface area contributed by atoms with Gasteiger partial charge in [-0.2, -0.15) is 0 Å². The van der Waals surface area contributed by atoms with Crippen LogP contribution in [0, 0.1) is 0 Å². The summed E-state index contributed by atoms with van der Waals surface area (Å²) >= 11 is 12.2. The summed E-state index contributed by atoms with van der Waals surface area (Å²) in [6.45, 7) is 7.53. The molecule has 1 aliphatic heterocycles. The van der Waals surface area contributed by atoms with Crippen molar-refractivity contribution in [3.63, 3.8) is 0 Å². The van der Waals surface area contributed by atoms with Gasteiger partial charge in [0.2, 0.25) is 0 Å². The van der Waals surface area contributed by atoms with Crippen LogP contribution in [-0.2, 0) is 4.74 Å². The zero-order valence-electron chi connectivity index (χ0n) is 12.5. The zero-order chi connectivity index (χ0) is 15.6. The predicted molar refractivity (Wildman–Crippen MR) is 85.0 cm³/mol. The van der Waals surface area contributed by atoms with Gasteiger partial charge in [0.25, 0.3) is 0 Å². The number of rotatable bonds is 1. The van der Waals surface area contributed by atoms with Gasteiger partial charge in [-0.15, -0.1) is 0 Å². The van der Waals surface area contributed by atoms with Gasteiger partial charge in [-0.1, -0.05) is 29.3 Å². The van der Waals surface area contributed by atoms with Crippen LogP contribution >= 0.6 is 23.2 Å². The molecule has 1 aromatic carbocycles. The van der Waals surface area contributed by atoms with E-state index in [9.17, 15) is 4.79 Å². The Balaban J connectivity index is 2.24. The Labute approximate surface area is 135 Å². The standard InChI is InChI=1S/C15H20Cl2N2O2/c1-15(2,3)21-14(20)19-7-6-18-9-13(19)11-5-4-10(16)8-12(11)17/h4-5,8,13,18H,6-7,9H2,1-3H3/t13-/m1/s1. The maximum Gasteiger partial charge on any atom is 0.410 e. The molecule has 2 rings (SSSR count). The summed E-state index contributed by atoms with van der Waals surface area (Å²) < 4.78 is 5.48. The molecule has 21 heavy (non-hydrogen) atoms. The second-order valence-electron chi connectivity index (χ2n) is 6.06. The Morgan fingerprint density at radius 2 is 2.10 bits per heavy atom. The molecule has 0 bridgehead atoms. The molecule has 4 nitrogen and oxygen atoms in total. The molecule has 1 heterocycles. The largest absolute Gasteiger partial charge is 0.444 e. The van der Waals surface area contributed by atoms with E-state index < -0.39 is 5.60 Å². The average Bonchev–Trinajstić information content (AvgIpc) is 2.37. The number of piperazine rings is 1. The molecule has 0 radical (unpaired) electrons. The molecule has 0 aliphatic carbocycles. The molecule has 1 atom stereocenters. The van der Waals surface area contributed by atoms with Gasteiger partial charge in [0.1, 0.15) is 5.60 Å². The third kappa shape index (κ3) is 4.25. The Morgan fingerprint density at radius 1 is 1.38 bits per heavy atom. The molecule has 1 fully saturated rings. The highest BCUT2D eigenvalue weighted by Crippen LogP contribution is 2.31. The highest BCUT2D eigenvalue weighted by molar-refractivity contribution is 6.35. The van der Waals surface area contributed by atoms with Crippen LogP contribution in [-0.4, -0.2) is 36.2 Å². The van der Waals surface area contributed by atoms with Gasteiger partial charge in [0.05, 0.1) is 6.04 Å². The highest BCUT2D eigenvalue weighted by atomic mass is 35.5. The van der Waals surface area contributed by atoms with Gasteiger partial charge in [0.15, 0.2) is 0 Å². The first-order chi connectivity index (χ1) is 9.78. The first-order valence-electron chi connectivity index (χ1n) is 6.93. The van der Waals surface area contributed by atoms with Crippen LogP contribution in [0.3, 0.4) is 0 Å². The maximum absolute atomic E-state index is 12.4. The number of ether oxygens (including phenoxy) is 1. The van der Waals surface area contributed by atoms with E-state index >= 15 is 0 Å². The fourth-order valence-electron chi connectivity index (χ4n) is 2.29. The van der Waals surface area contributed by atoms with E-state index in [1.807, 2.05) is 26.8 Å². The lowest BCUT2D eigenvalue weighted by atomic mass is 10.0. The summed E-state index contributed by atoms with van der Waals surface area (Å²) in [5.74, 6) is 0. The van der Waals surface area contributed by atoms with Crippen LogP contribution in [0.5, 0.6) is 0 Å². The van der Waals surface area contributed by atoms with Crippen LogP contribution in [0.1, 0.15) is 32.4 Å². The van der Waals surface area contributed by atoms with Crippen LogP contribution in [0.15, 0.2) is 18.2 Å². The number of hydrogen-bond donors (Lipinski definition) is 1. The maximum atomic E-state index is 12.4. The fourth-order valence-corrected chi connectivity index (χ4v) is 2.83. The Kier molecular flexibility index (Phi) is 5.02. The lowest BCUT2D eigenvalue weighted by Gasteiger charge is -2.37. The van der Waals surface area contributed by atoms with Gasteiger partial charge in [-0.05, 0) is 38.5 Å². The van der Waals surface area contributed by atoms with Crippen LogP contribution in [0.25, 0.3) is 0 Å². The Bertz CT molecular complexity index is 529. The quantitative estimate of drug-likeness (QED) is 0.849. The van der Waals surface area contributed by atoms with Crippen LogP contribution < -0.4 is 5.32 Å². The molecule has 1 aromatic rings. The van der Waals surface area contributed by atoms with Crippen molar-refractivity contribution < 1.29 is 9.53 Å². The van der Waals surface area contributed by atoms with E-state index in [0.29, 0.717) is 23.1 Å². The van der Waals surface area contributed by atoms with Crippen LogP contribution in [0.2, 0.25) is 10.0 Å². The van der Waals surface area contributed by atoms with Crippen molar-refractivity contribution >= 4 is 29.3 Å². The number of hydrogen-bond acceptors (Lipinski definition) is 3. The normalized spacial score (nSPS) is 19.5. The minimum absolute atomic E-state index is 0.154. The number of nitrogens with one attached hydrogen (secondary N) is 1. The van der Waals surface area contributed by atoms with E-state index in [0.717, 1.165) is 12.1 Å². The molecular weight excluding hydrogens is 311 g/mol. The number of nitrogens with zero attached hydrogens (tertiary/aromatic N) is 1.